The fourth-order valence-electron chi connectivity index (χ4n) is 3.27. The number of nitrogens with zero attached hydrogens (tertiary/aromatic N) is 4. The molecule has 4 rings (SSSR count). The van der Waals surface area contributed by atoms with E-state index >= 15 is 0 Å². The van der Waals surface area contributed by atoms with Gasteiger partial charge in [0.1, 0.15) is 5.69 Å². The summed E-state index contributed by atoms with van der Waals surface area (Å²) < 4.78 is 2.74. The number of benzene rings is 2. The predicted molar refractivity (Wildman–Crippen MR) is 114 cm³/mol. The monoisotopic (exact) mass is 390 g/mol. The van der Waals surface area contributed by atoms with Gasteiger partial charge in [0.25, 0.3) is 5.91 Å². The Bertz CT molecular complexity index is 1110. The molecule has 0 saturated heterocycles. The number of carbonyl (C=O) groups is 1. The average molecular weight is 391 g/mol. The Morgan fingerprint density at radius 2 is 1.93 bits per heavy atom. The van der Waals surface area contributed by atoms with E-state index in [0.717, 1.165) is 27.8 Å². The zero-order valence-electron chi connectivity index (χ0n) is 16.2. The van der Waals surface area contributed by atoms with E-state index in [2.05, 4.69) is 24.2 Å². The lowest BCUT2D eigenvalue weighted by atomic mass is 10.2. The molecule has 0 aliphatic carbocycles. The van der Waals surface area contributed by atoms with Crippen molar-refractivity contribution in [1.29, 1.82) is 0 Å². The summed E-state index contributed by atoms with van der Waals surface area (Å²) in [5.41, 5.74) is 4.70. The van der Waals surface area contributed by atoms with Crippen molar-refractivity contribution in [3.8, 4) is 0 Å². The number of hydrogen-bond acceptors (Lipinski definition) is 4. The molecule has 0 aliphatic heterocycles. The van der Waals surface area contributed by atoms with Gasteiger partial charge in [0.2, 0.25) is 0 Å². The fourth-order valence-corrected chi connectivity index (χ4v) is 4.29. The molecular weight excluding hydrogens is 368 g/mol. The maximum absolute atomic E-state index is 13.5. The van der Waals surface area contributed by atoms with Gasteiger partial charge in [0.05, 0.1) is 23.0 Å². The third kappa shape index (κ3) is 3.43. The Hall–Kier alpha value is -2.99. The maximum Gasteiger partial charge on any atom is 0.278 e. The first-order valence-electron chi connectivity index (χ1n) is 9.30. The first-order chi connectivity index (χ1) is 13.6. The minimum absolute atomic E-state index is 0.0869. The molecule has 5 nitrogen and oxygen atoms in total. The summed E-state index contributed by atoms with van der Waals surface area (Å²) in [6, 6.07) is 16.3. The van der Waals surface area contributed by atoms with Crippen LogP contribution >= 0.6 is 11.3 Å². The molecule has 0 atom stereocenters. The van der Waals surface area contributed by atoms with Crippen LogP contribution in [0.4, 0.5) is 5.13 Å². The van der Waals surface area contributed by atoms with Crippen molar-refractivity contribution in [2.24, 2.45) is 7.05 Å². The van der Waals surface area contributed by atoms with Crippen LogP contribution in [0.3, 0.4) is 0 Å². The Morgan fingerprint density at radius 3 is 2.61 bits per heavy atom. The molecule has 2 heterocycles. The van der Waals surface area contributed by atoms with Crippen molar-refractivity contribution in [2.75, 3.05) is 4.90 Å². The number of aryl methyl sites for hydroxylation is 3. The van der Waals surface area contributed by atoms with Crippen LogP contribution in [0.2, 0.25) is 0 Å². The van der Waals surface area contributed by atoms with Crippen LogP contribution in [0.25, 0.3) is 10.2 Å². The van der Waals surface area contributed by atoms with Crippen LogP contribution in [0.15, 0.2) is 54.7 Å². The second-order valence-electron chi connectivity index (χ2n) is 6.83. The Balaban J connectivity index is 1.79. The van der Waals surface area contributed by atoms with E-state index in [1.807, 2.05) is 43.3 Å². The number of hydrogen-bond donors (Lipinski definition) is 0. The molecule has 2 aromatic carbocycles. The van der Waals surface area contributed by atoms with E-state index in [0.29, 0.717) is 17.4 Å². The lowest BCUT2D eigenvalue weighted by molar-refractivity contribution is 0.0975. The van der Waals surface area contributed by atoms with Gasteiger partial charge in [-0.3, -0.25) is 14.4 Å². The summed E-state index contributed by atoms with van der Waals surface area (Å²) in [6.07, 6.45) is 2.70. The Morgan fingerprint density at radius 1 is 1.14 bits per heavy atom. The first-order valence-corrected chi connectivity index (χ1v) is 10.1. The highest BCUT2D eigenvalue weighted by molar-refractivity contribution is 7.22. The molecule has 0 bridgehead atoms. The normalized spacial score (nSPS) is 11.1. The minimum atomic E-state index is -0.0869. The summed E-state index contributed by atoms with van der Waals surface area (Å²) in [7, 11) is 1.80. The zero-order valence-corrected chi connectivity index (χ0v) is 17.0. The summed E-state index contributed by atoms with van der Waals surface area (Å²) >= 11 is 1.56. The van der Waals surface area contributed by atoms with Crippen molar-refractivity contribution < 1.29 is 4.79 Å². The number of rotatable bonds is 5. The van der Waals surface area contributed by atoms with Gasteiger partial charge >= 0.3 is 0 Å². The molecule has 0 unspecified atom stereocenters. The largest absolute Gasteiger partial charge is 0.278 e. The van der Waals surface area contributed by atoms with Gasteiger partial charge in [-0.05, 0) is 42.2 Å². The van der Waals surface area contributed by atoms with E-state index in [1.165, 1.54) is 5.56 Å². The summed E-state index contributed by atoms with van der Waals surface area (Å²) in [5.74, 6) is -0.0869. The highest BCUT2D eigenvalue weighted by Crippen LogP contribution is 2.32. The number of carbonyl (C=O) groups excluding carboxylic acids is 1. The average Bonchev–Trinajstić information content (AvgIpc) is 3.28. The lowest BCUT2D eigenvalue weighted by Crippen LogP contribution is -2.32. The van der Waals surface area contributed by atoms with E-state index < -0.39 is 0 Å². The van der Waals surface area contributed by atoms with E-state index in [1.54, 1.807) is 34.2 Å². The molecule has 1 amide bonds. The molecule has 0 saturated carbocycles. The van der Waals surface area contributed by atoms with Gasteiger partial charge in [-0.15, -0.1) is 0 Å². The Labute approximate surface area is 168 Å². The van der Waals surface area contributed by atoms with Crippen LogP contribution < -0.4 is 4.90 Å². The quantitative estimate of drug-likeness (QED) is 0.494. The van der Waals surface area contributed by atoms with Gasteiger partial charge in [-0.1, -0.05) is 54.7 Å². The summed E-state index contributed by atoms with van der Waals surface area (Å²) in [4.78, 5) is 20.0. The van der Waals surface area contributed by atoms with Gasteiger partial charge in [-0.25, -0.2) is 4.98 Å². The third-order valence-electron chi connectivity index (χ3n) is 4.83. The molecule has 0 spiro atoms. The molecule has 142 valence electrons. The number of amides is 1. The SMILES string of the molecule is CCc1ccc2nc(N(Cc3ccccc3)C(=O)c3c(C)cnn3C)sc2c1. The van der Waals surface area contributed by atoms with Crippen LogP contribution in [-0.4, -0.2) is 20.7 Å². The van der Waals surface area contributed by atoms with Crippen LogP contribution in [-0.2, 0) is 20.0 Å². The summed E-state index contributed by atoms with van der Waals surface area (Å²) in [5, 5.41) is 4.94. The van der Waals surface area contributed by atoms with Gasteiger partial charge in [-0.2, -0.15) is 5.10 Å². The van der Waals surface area contributed by atoms with Crippen molar-refractivity contribution in [2.45, 2.75) is 26.8 Å². The number of fused-ring (bicyclic) bond motifs is 1. The smallest absolute Gasteiger partial charge is 0.278 e. The van der Waals surface area contributed by atoms with E-state index in [-0.39, 0.29) is 5.91 Å². The zero-order chi connectivity index (χ0) is 19.7. The second kappa shape index (κ2) is 7.56. The number of anilines is 1. The predicted octanol–water partition coefficient (Wildman–Crippen LogP) is 4.75. The van der Waals surface area contributed by atoms with Gasteiger partial charge < -0.3 is 0 Å². The molecule has 0 radical (unpaired) electrons. The van der Waals surface area contributed by atoms with Crippen molar-refractivity contribution in [3.63, 3.8) is 0 Å². The first kappa shape index (κ1) is 18.4. The molecular formula is C22H22N4OS. The van der Waals surface area contributed by atoms with E-state index in [9.17, 15) is 4.79 Å². The maximum atomic E-state index is 13.5. The third-order valence-corrected chi connectivity index (χ3v) is 5.87. The van der Waals surface area contributed by atoms with E-state index in [4.69, 9.17) is 4.98 Å². The molecule has 0 N–H and O–H groups in total. The van der Waals surface area contributed by atoms with Crippen molar-refractivity contribution in [3.05, 3.63) is 77.1 Å². The number of aromatic nitrogens is 3. The highest BCUT2D eigenvalue weighted by atomic mass is 32.1. The van der Waals surface area contributed by atoms with Crippen molar-refractivity contribution in [1.82, 2.24) is 14.8 Å². The topological polar surface area (TPSA) is 51.0 Å². The second-order valence-corrected chi connectivity index (χ2v) is 7.84. The molecule has 2 aromatic heterocycles. The fraction of sp³-hybridized carbons (Fsp3) is 0.227. The molecule has 6 heteroatoms. The van der Waals surface area contributed by atoms with Gasteiger partial charge in [0, 0.05) is 7.05 Å². The molecule has 28 heavy (non-hydrogen) atoms. The Kier molecular flexibility index (Phi) is 4.96. The van der Waals surface area contributed by atoms with Crippen LogP contribution in [0.5, 0.6) is 0 Å². The highest BCUT2D eigenvalue weighted by Gasteiger charge is 2.25. The number of thiazole rings is 1. The van der Waals surface area contributed by atoms with Crippen LogP contribution in [0.1, 0.15) is 34.1 Å². The standard InChI is InChI=1S/C22H22N4OS/c1-4-16-10-11-18-19(12-16)28-22(24-18)26(14-17-8-6-5-7-9-17)21(27)20-15(2)13-23-25(20)3/h5-13H,4,14H2,1-3H3. The van der Waals surface area contributed by atoms with Crippen molar-refractivity contribution >= 4 is 32.6 Å². The molecule has 0 aliphatic rings. The molecule has 4 aromatic rings. The van der Waals surface area contributed by atoms with Crippen LogP contribution in [0, 0.1) is 6.92 Å². The lowest BCUT2D eigenvalue weighted by Gasteiger charge is -2.20. The molecule has 0 fully saturated rings. The summed E-state index contributed by atoms with van der Waals surface area (Å²) in [6.45, 7) is 4.51. The minimum Gasteiger partial charge on any atom is -0.278 e. The van der Waals surface area contributed by atoms with Gasteiger partial charge in [0.15, 0.2) is 5.13 Å².